The molecule has 1 saturated heterocycles. The lowest BCUT2D eigenvalue weighted by Gasteiger charge is -2.45. The Bertz CT molecular complexity index is 444. The van der Waals surface area contributed by atoms with Crippen LogP contribution in [0.2, 0.25) is 0 Å². The van der Waals surface area contributed by atoms with Crippen molar-refractivity contribution in [3.05, 3.63) is 34.4 Å². The topological polar surface area (TPSA) is 35.2 Å². The third kappa shape index (κ3) is 3.01. The van der Waals surface area contributed by atoms with Gasteiger partial charge in [0.2, 0.25) is 0 Å². The van der Waals surface area contributed by atoms with E-state index in [4.69, 9.17) is 10.5 Å². The first-order valence-corrected chi connectivity index (χ1v) is 7.18. The number of benzene rings is 1. The molecule has 1 heterocycles. The molecular weight excluding hydrogens is 234 g/mol. The molecule has 2 N–H and O–H groups in total. The maximum Gasteiger partial charge on any atom is 0.0585 e. The van der Waals surface area contributed by atoms with Crippen LogP contribution in [0.1, 0.15) is 48.9 Å². The third-order valence-corrected chi connectivity index (χ3v) is 4.21. The van der Waals surface area contributed by atoms with Crippen molar-refractivity contribution in [1.29, 1.82) is 0 Å². The van der Waals surface area contributed by atoms with Gasteiger partial charge in [0.15, 0.2) is 0 Å². The molecule has 1 aromatic rings. The van der Waals surface area contributed by atoms with E-state index >= 15 is 0 Å². The summed E-state index contributed by atoms with van der Waals surface area (Å²) in [5, 5.41) is 0. The number of aryl methyl sites for hydroxylation is 3. The van der Waals surface area contributed by atoms with E-state index in [1.807, 2.05) is 0 Å². The van der Waals surface area contributed by atoms with Crippen molar-refractivity contribution in [3.8, 4) is 0 Å². The zero-order valence-electron chi connectivity index (χ0n) is 13.0. The highest BCUT2D eigenvalue weighted by Crippen LogP contribution is 2.41. The molecule has 0 aromatic heterocycles. The minimum Gasteiger partial charge on any atom is -0.379 e. The second-order valence-corrected chi connectivity index (χ2v) is 7.04. The van der Waals surface area contributed by atoms with E-state index in [-0.39, 0.29) is 11.0 Å². The monoisotopic (exact) mass is 261 g/mol. The van der Waals surface area contributed by atoms with Gasteiger partial charge in [-0.3, -0.25) is 0 Å². The van der Waals surface area contributed by atoms with Crippen LogP contribution in [0.3, 0.4) is 0 Å². The highest BCUT2D eigenvalue weighted by Gasteiger charge is 2.42. The molecule has 0 radical (unpaired) electrons. The average molecular weight is 261 g/mol. The Morgan fingerprint density at radius 3 is 2.05 bits per heavy atom. The Balaban J connectivity index is 2.32. The second kappa shape index (κ2) is 4.92. The fourth-order valence-electron chi connectivity index (χ4n) is 3.34. The van der Waals surface area contributed by atoms with Crippen LogP contribution in [-0.2, 0) is 10.2 Å². The highest BCUT2D eigenvalue weighted by molar-refractivity contribution is 5.44. The summed E-state index contributed by atoms with van der Waals surface area (Å²) in [6.07, 6.45) is 2.14. The Hall–Kier alpha value is -0.860. The summed E-state index contributed by atoms with van der Waals surface area (Å²) in [4.78, 5) is 0. The lowest BCUT2D eigenvalue weighted by molar-refractivity contribution is -0.0675. The van der Waals surface area contributed by atoms with Crippen LogP contribution in [0.15, 0.2) is 12.1 Å². The number of hydrogen-bond acceptors (Lipinski definition) is 2. The first-order chi connectivity index (χ1) is 8.73. The molecule has 19 heavy (non-hydrogen) atoms. The van der Waals surface area contributed by atoms with Crippen molar-refractivity contribution >= 4 is 0 Å². The zero-order valence-corrected chi connectivity index (χ0v) is 13.0. The molecule has 0 atom stereocenters. The van der Waals surface area contributed by atoms with Crippen molar-refractivity contribution < 1.29 is 4.74 Å². The molecule has 0 spiro atoms. The van der Waals surface area contributed by atoms with Gasteiger partial charge in [-0.05, 0) is 64.2 Å². The van der Waals surface area contributed by atoms with Crippen molar-refractivity contribution in [1.82, 2.24) is 0 Å². The molecule has 0 unspecified atom stereocenters. The van der Waals surface area contributed by atoms with Gasteiger partial charge in [-0.15, -0.1) is 0 Å². The molecule has 2 rings (SSSR count). The van der Waals surface area contributed by atoms with Gasteiger partial charge in [0.25, 0.3) is 0 Å². The van der Waals surface area contributed by atoms with E-state index < -0.39 is 0 Å². The Morgan fingerprint density at radius 2 is 1.68 bits per heavy atom. The molecule has 1 aliphatic heterocycles. The fourth-order valence-corrected chi connectivity index (χ4v) is 3.34. The molecule has 0 saturated carbocycles. The van der Waals surface area contributed by atoms with Crippen LogP contribution < -0.4 is 5.73 Å². The highest BCUT2D eigenvalue weighted by atomic mass is 16.5. The van der Waals surface area contributed by atoms with E-state index in [0.717, 1.165) is 26.1 Å². The van der Waals surface area contributed by atoms with E-state index in [1.54, 1.807) is 0 Å². The lowest BCUT2D eigenvalue weighted by Crippen LogP contribution is -2.49. The first kappa shape index (κ1) is 14.5. The minimum atomic E-state index is -0.102. The van der Waals surface area contributed by atoms with Crippen LogP contribution >= 0.6 is 0 Å². The summed E-state index contributed by atoms with van der Waals surface area (Å²) in [6, 6.07) is 4.58. The van der Waals surface area contributed by atoms with Crippen LogP contribution in [0.25, 0.3) is 0 Å². The van der Waals surface area contributed by atoms with Crippen LogP contribution in [0.5, 0.6) is 0 Å². The summed E-state index contributed by atoms with van der Waals surface area (Å²) in [5.74, 6) is 0. The lowest BCUT2D eigenvalue weighted by atomic mass is 9.70. The summed E-state index contributed by atoms with van der Waals surface area (Å²) in [5.41, 5.74) is 11.9. The standard InChI is InChI=1S/C17H27NO/c1-12-8-13(2)15(14(3)9-12)17(10-19-11-17)7-6-16(4,5)18/h8-9H,6-7,10-11,18H2,1-5H3. The fraction of sp³-hybridized carbons (Fsp3) is 0.647. The van der Waals surface area contributed by atoms with Gasteiger partial charge in [0, 0.05) is 11.0 Å². The van der Waals surface area contributed by atoms with E-state index in [0.29, 0.717) is 0 Å². The molecule has 2 nitrogen and oxygen atoms in total. The van der Waals surface area contributed by atoms with E-state index in [1.165, 1.54) is 22.3 Å². The van der Waals surface area contributed by atoms with Crippen LogP contribution in [-0.4, -0.2) is 18.8 Å². The molecule has 0 amide bonds. The summed E-state index contributed by atoms with van der Waals surface area (Å²) in [6.45, 7) is 12.5. The minimum absolute atomic E-state index is 0.102. The molecular formula is C17H27NO. The third-order valence-electron chi connectivity index (χ3n) is 4.21. The van der Waals surface area contributed by atoms with Crippen LogP contribution in [0, 0.1) is 20.8 Å². The van der Waals surface area contributed by atoms with E-state index in [9.17, 15) is 0 Å². The smallest absolute Gasteiger partial charge is 0.0585 e. The van der Waals surface area contributed by atoms with E-state index in [2.05, 4.69) is 46.8 Å². The predicted molar refractivity (Wildman–Crippen MR) is 80.7 cm³/mol. The largest absolute Gasteiger partial charge is 0.379 e. The number of rotatable bonds is 4. The first-order valence-electron chi connectivity index (χ1n) is 7.18. The van der Waals surface area contributed by atoms with Crippen molar-refractivity contribution in [2.75, 3.05) is 13.2 Å². The summed E-state index contributed by atoms with van der Waals surface area (Å²) >= 11 is 0. The van der Waals surface area contributed by atoms with Crippen molar-refractivity contribution in [3.63, 3.8) is 0 Å². The normalized spacial score (nSPS) is 18.2. The van der Waals surface area contributed by atoms with Gasteiger partial charge >= 0.3 is 0 Å². The van der Waals surface area contributed by atoms with Gasteiger partial charge in [0.05, 0.1) is 13.2 Å². The van der Waals surface area contributed by atoms with Gasteiger partial charge in [-0.2, -0.15) is 0 Å². The molecule has 1 fully saturated rings. The number of ether oxygens (including phenoxy) is 1. The zero-order chi connectivity index (χ0) is 14.3. The maximum absolute atomic E-state index is 6.16. The van der Waals surface area contributed by atoms with Gasteiger partial charge < -0.3 is 10.5 Å². The average Bonchev–Trinajstić information content (AvgIpc) is 2.17. The quantitative estimate of drug-likeness (QED) is 0.901. The van der Waals surface area contributed by atoms with Crippen molar-refractivity contribution in [2.45, 2.75) is 58.4 Å². The van der Waals surface area contributed by atoms with Gasteiger partial charge in [-0.1, -0.05) is 17.7 Å². The van der Waals surface area contributed by atoms with Gasteiger partial charge in [0.1, 0.15) is 0 Å². The maximum atomic E-state index is 6.16. The predicted octanol–water partition coefficient (Wildman–Crippen LogP) is 3.40. The molecule has 2 heteroatoms. The number of hydrogen-bond donors (Lipinski definition) is 1. The molecule has 1 aliphatic rings. The van der Waals surface area contributed by atoms with Crippen molar-refractivity contribution in [2.24, 2.45) is 5.73 Å². The molecule has 1 aromatic carbocycles. The molecule has 0 aliphatic carbocycles. The molecule has 106 valence electrons. The summed E-state index contributed by atoms with van der Waals surface area (Å²) < 4.78 is 5.56. The SMILES string of the molecule is Cc1cc(C)c(C2(CCC(C)(C)N)COC2)c(C)c1. The number of nitrogens with two attached hydrogens (primary N) is 1. The second-order valence-electron chi connectivity index (χ2n) is 7.04. The Morgan fingerprint density at radius 1 is 1.16 bits per heavy atom. The molecule has 0 bridgehead atoms. The van der Waals surface area contributed by atoms with Crippen LogP contribution in [0.4, 0.5) is 0 Å². The summed E-state index contributed by atoms with van der Waals surface area (Å²) in [7, 11) is 0. The Kier molecular flexibility index (Phi) is 3.76. The Labute approximate surface area is 117 Å². The van der Waals surface area contributed by atoms with Gasteiger partial charge in [-0.25, -0.2) is 0 Å².